The van der Waals surface area contributed by atoms with Crippen LogP contribution in [0.15, 0.2) is 58.0 Å². The summed E-state index contributed by atoms with van der Waals surface area (Å²) in [5.41, 5.74) is 4.87. The van der Waals surface area contributed by atoms with Crippen LogP contribution in [-0.2, 0) is 0 Å². The summed E-state index contributed by atoms with van der Waals surface area (Å²) in [5, 5.41) is 4.96. The van der Waals surface area contributed by atoms with Crippen LogP contribution in [0.2, 0.25) is 0 Å². The molecule has 1 nitrogen and oxygen atoms in total. The molecule has 0 atom stereocenters. The molecular formula is C20H12BrN. The largest absolute Gasteiger partial charge is 0.247 e. The lowest BCUT2D eigenvalue weighted by molar-refractivity contribution is 1.33. The molecule has 0 unspecified atom stereocenters. The maximum absolute atomic E-state index is 4.93. The number of rotatable bonds is 0. The van der Waals surface area contributed by atoms with E-state index in [1.165, 1.54) is 32.7 Å². The molecule has 0 aromatic heterocycles. The van der Waals surface area contributed by atoms with Crippen molar-refractivity contribution in [3.05, 3.63) is 69.2 Å². The molecular weight excluding hydrogens is 334 g/mol. The highest BCUT2D eigenvalue weighted by molar-refractivity contribution is 9.10. The molecule has 1 aliphatic carbocycles. The van der Waals surface area contributed by atoms with Crippen molar-refractivity contribution in [3.63, 3.8) is 0 Å². The molecule has 0 spiro atoms. The third kappa shape index (κ3) is 1.51. The Morgan fingerprint density at radius 1 is 1.00 bits per heavy atom. The molecule has 22 heavy (non-hydrogen) atoms. The van der Waals surface area contributed by atoms with E-state index < -0.39 is 0 Å². The Kier molecular flexibility index (Phi) is 2.47. The van der Waals surface area contributed by atoms with Gasteiger partial charge in [0.25, 0.3) is 0 Å². The zero-order valence-corrected chi connectivity index (χ0v) is 13.4. The van der Waals surface area contributed by atoms with E-state index in [1.54, 1.807) is 0 Å². The first kappa shape index (κ1) is 12.4. The Labute approximate surface area is 136 Å². The number of fused-ring (bicyclic) bond motifs is 8. The fourth-order valence-corrected chi connectivity index (χ4v) is 4.13. The van der Waals surface area contributed by atoms with Crippen molar-refractivity contribution in [2.75, 3.05) is 0 Å². The second-order valence-electron chi connectivity index (χ2n) is 5.68. The Balaban J connectivity index is 2.14. The van der Waals surface area contributed by atoms with E-state index in [9.17, 15) is 0 Å². The van der Waals surface area contributed by atoms with Crippen LogP contribution in [0.3, 0.4) is 0 Å². The van der Waals surface area contributed by atoms with Gasteiger partial charge in [-0.15, -0.1) is 0 Å². The monoisotopic (exact) mass is 345 g/mol. The second kappa shape index (κ2) is 4.40. The van der Waals surface area contributed by atoms with Gasteiger partial charge in [0.15, 0.2) is 0 Å². The van der Waals surface area contributed by atoms with Crippen molar-refractivity contribution >= 4 is 44.5 Å². The predicted octanol–water partition coefficient (Wildman–Crippen LogP) is 4.73. The smallest absolute Gasteiger partial charge is 0.0798 e. The number of nitrogens with zero attached hydrogens (tertiary/aromatic N) is 1. The molecule has 1 aliphatic heterocycles. The molecule has 2 aliphatic rings. The molecule has 0 amide bonds. The highest BCUT2D eigenvalue weighted by Gasteiger charge is 2.21. The first-order valence-corrected chi connectivity index (χ1v) is 8.23. The third-order valence-electron chi connectivity index (χ3n) is 4.48. The van der Waals surface area contributed by atoms with E-state index in [2.05, 4.69) is 76.6 Å². The first-order chi connectivity index (χ1) is 10.8. The summed E-state index contributed by atoms with van der Waals surface area (Å²) < 4.78 is 1.13. The predicted molar refractivity (Wildman–Crippen MR) is 95.6 cm³/mol. The van der Waals surface area contributed by atoms with Gasteiger partial charge in [-0.3, -0.25) is 0 Å². The van der Waals surface area contributed by atoms with Crippen LogP contribution in [0.1, 0.15) is 12.0 Å². The maximum atomic E-state index is 4.93. The van der Waals surface area contributed by atoms with Gasteiger partial charge in [-0.05, 0) is 29.5 Å². The van der Waals surface area contributed by atoms with Gasteiger partial charge in [0.1, 0.15) is 0 Å². The highest BCUT2D eigenvalue weighted by atomic mass is 79.9. The zero-order chi connectivity index (χ0) is 14.7. The molecule has 3 aromatic carbocycles. The molecule has 1 heterocycles. The molecule has 0 bridgehead atoms. The summed E-state index contributed by atoms with van der Waals surface area (Å²) in [5.74, 6) is 0. The van der Waals surface area contributed by atoms with Crippen LogP contribution in [0.25, 0.3) is 34.1 Å². The van der Waals surface area contributed by atoms with Crippen LogP contribution in [0.5, 0.6) is 0 Å². The summed E-state index contributed by atoms with van der Waals surface area (Å²) >= 11 is 3.75. The van der Waals surface area contributed by atoms with Crippen LogP contribution in [-0.4, -0.2) is 0 Å². The number of hydrogen-bond acceptors (Lipinski definition) is 1. The average Bonchev–Trinajstić information content (AvgIpc) is 2.95. The molecule has 3 aromatic rings. The summed E-state index contributed by atoms with van der Waals surface area (Å²) in [6.45, 7) is 0. The van der Waals surface area contributed by atoms with Crippen LogP contribution in [0.4, 0.5) is 5.69 Å². The number of benzene rings is 3. The van der Waals surface area contributed by atoms with Crippen molar-refractivity contribution < 1.29 is 0 Å². The maximum Gasteiger partial charge on any atom is 0.0798 e. The minimum Gasteiger partial charge on any atom is -0.247 e. The van der Waals surface area contributed by atoms with Crippen molar-refractivity contribution in [2.24, 2.45) is 4.99 Å². The van der Waals surface area contributed by atoms with Gasteiger partial charge in [-0.1, -0.05) is 64.5 Å². The van der Waals surface area contributed by atoms with Gasteiger partial charge in [0.2, 0.25) is 0 Å². The highest BCUT2D eigenvalue weighted by Crippen LogP contribution is 2.39. The number of para-hydroxylation sites is 1. The summed E-state index contributed by atoms with van der Waals surface area (Å²) in [6.07, 6.45) is 7.73. The van der Waals surface area contributed by atoms with E-state index in [-0.39, 0.29) is 0 Å². The van der Waals surface area contributed by atoms with Crippen molar-refractivity contribution in [1.82, 2.24) is 0 Å². The van der Waals surface area contributed by atoms with Crippen molar-refractivity contribution in [3.8, 4) is 11.1 Å². The molecule has 0 radical (unpaired) electrons. The van der Waals surface area contributed by atoms with Crippen molar-refractivity contribution in [2.45, 2.75) is 6.42 Å². The SMILES string of the molecule is Brc1cccc2c3c(c4c(c12)-c1ccccc1N=4)=CCC=C3. The molecule has 0 saturated carbocycles. The van der Waals surface area contributed by atoms with E-state index in [0.29, 0.717) is 0 Å². The zero-order valence-electron chi connectivity index (χ0n) is 11.8. The summed E-state index contributed by atoms with van der Waals surface area (Å²) in [4.78, 5) is 4.93. The Bertz CT molecular complexity index is 1110. The fourth-order valence-electron chi connectivity index (χ4n) is 3.57. The Hall–Kier alpha value is -2.19. The van der Waals surface area contributed by atoms with Gasteiger partial charge in [0.05, 0.1) is 11.0 Å². The van der Waals surface area contributed by atoms with E-state index in [0.717, 1.165) is 21.9 Å². The van der Waals surface area contributed by atoms with Crippen LogP contribution < -0.4 is 10.6 Å². The Morgan fingerprint density at radius 2 is 1.91 bits per heavy atom. The van der Waals surface area contributed by atoms with Gasteiger partial charge in [-0.2, -0.15) is 0 Å². The first-order valence-electron chi connectivity index (χ1n) is 7.43. The normalized spacial score (nSPS) is 14.0. The summed E-state index contributed by atoms with van der Waals surface area (Å²) in [7, 11) is 0. The molecule has 5 rings (SSSR count). The van der Waals surface area contributed by atoms with Gasteiger partial charge < -0.3 is 0 Å². The number of allylic oxidation sites excluding steroid dienone is 1. The van der Waals surface area contributed by atoms with Crippen molar-refractivity contribution in [1.29, 1.82) is 0 Å². The lowest BCUT2D eigenvalue weighted by Gasteiger charge is -2.12. The van der Waals surface area contributed by atoms with Crippen LogP contribution >= 0.6 is 15.9 Å². The number of hydrogen-bond donors (Lipinski definition) is 0. The van der Waals surface area contributed by atoms with E-state index >= 15 is 0 Å². The lowest BCUT2D eigenvalue weighted by atomic mass is 9.91. The van der Waals surface area contributed by atoms with Gasteiger partial charge in [0, 0.05) is 26.2 Å². The topological polar surface area (TPSA) is 12.4 Å². The van der Waals surface area contributed by atoms with Gasteiger partial charge in [-0.25, -0.2) is 4.99 Å². The van der Waals surface area contributed by atoms with Gasteiger partial charge >= 0.3 is 0 Å². The standard InChI is InChI=1S/C20H12BrN/c21-16-10-5-9-13-12-6-1-2-7-14(12)20-19(18(13)16)15-8-3-4-11-17(15)22-20/h1,3-11H,2H2. The van der Waals surface area contributed by atoms with E-state index in [1.807, 2.05) is 0 Å². The summed E-state index contributed by atoms with van der Waals surface area (Å²) in [6, 6.07) is 14.9. The van der Waals surface area contributed by atoms with E-state index in [4.69, 9.17) is 4.99 Å². The molecule has 0 saturated heterocycles. The molecule has 0 fully saturated rings. The lowest BCUT2D eigenvalue weighted by Crippen LogP contribution is -2.29. The molecule has 104 valence electrons. The quantitative estimate of drug-likeness (QED) is 0.436. The molecule has 0 N–H and O–H groups in total. The Morgan fingerprint density at radius 3 is 2.86 bits per heavy atom. The second-order valence-corrected chi connectivity index (χ2v) is 6.54. The van der Waals surface area contributed by atoms with Crippen LogP contribution in [0, 0.1) is 0 Å². The molecule has 2 heteroatoms. The number of halogens is 1. The third-order valence-corrected chi connectivity index (χ3v) is 5.14. The minimum absolute atomic E-state index is 0.977. The fraction of sp³-hybridized carbons (Fsp3) is 0.0500. The average molecular weight is 346 g/mol. The minimum atomic E-state index is 0.977.